The van der Waals surface area contributed by atoms with Gasteiger partial charge in [0.05, 0.1) is 11.8 Å². The zero-order valence-corrected chi connectivity index (χ0v) is 10.5. The second-order valence-corrected chi connectivity index (χ2v) is 5.09. The topological polar surface area (TPSA) is 63.5 Å². The van der Waals surface area contributed by atoms with Crippen LogP contribution in [0, 0.1) is 0 Å². The molecule has 3 N–H and O–H groups in total. The number of aromatic nitrogens is 2. The van der Waals surface area contributed by atoms with E-state index < -0.39 is 6.10 Å². The minimum absolute atomic E-state index is 0.498. The predicted molar refractivity (Wildman–Crippen MR) is 72.6 cm³/mol. The Morgan fingerprint density at radius 1 is 1.44 bits per heavy atom. The van der Waals surface area contributed by atoms with Crippen LogP contribution in [0.3, 0.4) is 0 Å². The van der Waals surface area contributed by atoms with Gasteiger partial charge in [-0.3, -0.25) is 4.40 Å². The van der Waals surface area contributed by atoms with Crippen molar-refractivity contribution in [3.63, 3.8) is 0 Å². The zero-order chi connectivity index (χ0) is 12.5. The number of hydrogen-bond acceptors (Lipinski definition) is 4. The Bertz CT molecular complexity index is 645. The molecule has 0 spiro atoms. The Balaban J connectivity index is 1.81. The van der Waals surface area contributed by atoms with E-state index in [1.54, 1.807) is 17.4 Å². The molecule has 0 bridgehead atoms. The number of nitrogen functional groups attached to an aromatic ring is 1. The van der Waals surface area contributed by atoms with Crippen LogP contribution in [0.2, 0.25) is 0 Å². The maximum absolute atomic E-state index is 10.2. The van der Waals surface area contributed by atoms with Gasteiger partial charge in [-0.15, -0.1) is 11.3 Å². The number of aliphatic hydroxyl groups is 1. The Morgan fingerprint density at radius 3 is 3.11 bits per heavy atom. The number of imidazole rings is 1. The lowest BCUT2D eigenvalue weighted by Crippen LogP contribution is -2.02. The fourth-order valence-electron chi connectivity index (χ4n) is 1.96. The zero-order valence-electron chi connectivity index (χ0n) is 9.65. The molecule has 0 saturated heterocycles. The highest BCUT2D eigenvalue weighted by Crippen LogP contribution is 2.21. The molecule has 3 aromatic rings. The van der Waals surface area contributed by atoms with Crippen molar-refractivity contribution in [3.05, 3.63) is 53.3 Å². The van der Waals surface area contributed by atoms with E-state index in [1.165, 1.54) is 0 Å². The van der Waals surface area contributed by atoms with Crippen LogP contribution < -0.4 is 5.73 Å². The maximum atomic E-state index is 10.2. The molecule has 1 unspecified atom stereocenters. The molecule has 1 atom stereocenters. The van der Waals surface area contributed by atoms with Gasteiger partial charge in [-0.05, 0) is 17.7 Å². The van der Waals surface area contributed by atoms with Gasteiger partial charge in [-0.1, -0.05) is 12.1 Å². The molecule has 2 heterocycles. The fraction of sp³-hybridized carbons (Fsp3) is 0.154. The van der Waals surface area contributed by atoms with Crippen molar-refractivity contribution in [3.8, 4) is 0 Å². The number of fused-ring (bicyclic) bond motifs is 1. The van der Waals surface area contributed by atoms with E-state index in [4.69, 9.17) is 5.73 Å². The second kappa shape index (κ2) is 4.44. The molecule has 0 aliphatic rings. The van der Waals surface area contributed by atoms with Gasteiger partial charge < -0.3 is 10.8 Å². The summed E-state index contributed by atoms with van der Waals surface area (Å²) in [5.41, 5.74) is 8.08. The van der Waals surface area contributed by atoms with Gasteiger partial charge in [0.1, 0.15) is 0 Å². The Morgan fingerprint density at radius 2 is 2.33 bits per heavy atom. The number of hydrogen-bond donors (Lipinski definition) is 2. The lowest BCUT2D eigenvalue weighted by Gasteiger charge is -2.09. The number of anilines is 1. The molecule has 2 aromatic heterocycles. The third-order valence-corrected chi connectivity index (χ3v) is 3.61. The number of rotatable bonds is 3. The van der Waals surface area contributed by atoms with Crippen LogP contribution in [0.5, 0.6) is 0 Å². The largest absolute Gasteiger partial charge is 0.399 e. The van der Waals surface area contributed by atoms with E-state index >= 15 is 0 Å². The van der Waals surface area contributed by atoms with Crippen molar-refractivity contribution in [2.24, 2.45) is 0 Å². The first-order valence-corrected chi connectivity index (χ1v) is 6.55. The summed E-state index contributed by atoms with van der Waals surface area (Å²) in [6.45, 7) is 0. The van der Waals surface area contributed by atoms with Gasteiger partial charge in [-0.2, -0.15) is 0 Å². The molecule has 18 heavy (non-hydrogen) atoms. The van der Waals surface area contributed by atoms with E-state index in [2.05, 4.69) is 4.98 Å². The number of nitrogens with zero attached hydrogens (tertiary/aromatic N) is 2. The van der Waals surface area contributed by atoms with Gasteiger partial charge in [0.2, 0.25) is 0 Å². The first kappa shape index (κ1) is 11.3. The first-order valence-electron chi connectivity index (χ1n) is 5.67. The van der Waals surface area contributed by atoms with E-state index in [-0.39, 0.29) is 0 Å². The minimum atomic E-state index is -0.571. The molecular weight excluding hydrogens is 246 g/mol. The number of thiazole rings is 1. The first-order chi connectivity index (χ1) is 8.72. The summed E-state index contributed by atoms with van der Waals surface area (Å²) in [5, 5.41) is 12.1. The average molecular weight is 259 g/mol. The number of nitrogens with two attached hydrogens (primary N) is 1. The highest BCUT2D eigenvalue weighted by Gasteiger charge is 2.11. The molecule has 4 nitrogen and oxygen atoms in total. The highest BCUT2D eigenvalue weighted by molar-refractivity contribution is 7.15. The van der Waals surface area contributed by atoms with Gasteiger partial charge in [0, 0.05) is 29.9 Å². The van der Waals surface area contributed by atoms with E-state index in [1.807, 2.05) is 40.4 Å². The van der Waals surface area contributed by atoms with Gasteiger partial charge in [0.15, 0.2) is 4.96 Å². The third-order valence-electron chi connectivity index (χ3n) is 2.84. The fourth-order valence-corrected chi connectivity index (χ4v) is 2.68. The van der Waals surface area contributed by atoms with Crippen LogP contribution in [0.25, 0.3) is 4.96 Å². The van der Waals surface area contributed by atoms with Crippen molar-refractivity contribution < 1.29 is 5.11 Å². The van der Waals surface area contributed by atoms with Crippen LogP contribution in [-0.4, -0.2) is 14.5 Å². The van der Waals surface area contributed by atoms with Gasteiger partial charge in [-0.25, -0.2) is 4.98 Å². The summed E-state index contributed by atoms with van der Waals surface area (Å²) in [7, 11) is 0. The second-order valence-electron chi connectivity index (χ2n) is 4.22. The van der Waals surface area contributed by atoms with Crippen molar-refractivity contribution >= 4 is 22.0 Å². The van der Waals surface area contributed by atoms with Crippen LogP contribution in [0.4, 0.5) is 5.69 Å². The summed E-state index contributed by atoms with van der Waals surface area (Å²) in [4.78, 5) is 5.40. The molecule has 92 valence electrons. The monoisotopic (exact) mass is 259 g/mol. The average Bonchev–Trinajstić information content (AvgIpc) is 2.89. The molecule has 0 radical (unpaired) electrons. The lowest BCUT2D eigenvalue weighted by atomic mass is 10.0. The van der Waals surface area contributed by atoms with E-state index in [0.29, 0.717) is 12.1 Å². The highest BCUT2D eigenvalue weighted by atomic mass is 32.1. The summed E-state index contributed by atoms with van der Waals surface area (Å²) < 4.78 is 1.96. The molecule has 0 saturated carbocycles. The van der Waals surface area contributed by atoms with Crippen molar-refractivity contribution in [1.82, 2.24) is 9.38 Å². The van der Waals surface area contributed by atoms with Gasteiger partial charge in [0.25, 0.3) is 0 Å². The predicted octanol–water partition coefficient (Wildman–Crippen LogP) is 2.25. The number of benzene rings is 1. The number of aliphatic hydroxyl groups excluding tert-OH is 1. The Kier molecular flexibility index (Phi) is 2.77. The minimum Gasteiger partial charge on any atom is -0.399 e. The Labute approximate surface area is 108 Å². The molecule has 0 fully saturated rings. The van der Waals surface area contributed by atoms with Crippen molar-refractivity contribution in [2.75, 3.05) is 5.73 Å². The molecule has 0 aliphatic carbocycles. The summed E-state index contributed by atoms with van der Waals surface area (Å²) in [6.07, 6.45) is 3.83. The third kappa shape index (κ3) is 2.10. The van der Waals surface area contributed by atoms with Crippen LogP contribution in [-0.2, 0) is 6.42 Å². The molecular formula is C13H13N3OS. The van der Waals surface area contributed by atoms with Crippen molar-refractivity contribution in [2.45, 2.75) is 12.5 Å². The van der Waals surface area contributed by atoms with Crippen molar-refractivity contribution in [1.29, 1.82) is 0 Å². The molecule has 0 aliphatic heterocycles. The quantitative estimate of drug-likeness (QED) is 0.709. The standard InChI is InChI=1S/C13H13N3OS/c14-10-3-1-2-9(6-10)12(17)7-11-8-16-4-5-18-13(16)15-11/h1-6,8,12,17H,7,14H2. The molecule has 0 amide bonds. The SMILES string of the molecule is Nc1cccc(C(O)Cc2cn3ccsc3n2)c1. The smallest absolute Gasteiger partial charge is 0.193 e. The molecule has 3 rings (SSSR count). The van der Waals surface area contributed by atoms with E-state index in [9.17, 15) is 5.11 Å². The lowest BCUT2D eigenvalue weighted by molar-refractivity contribution is 0.177. The molecule has 5 heteroatoms. The summed E-state index contributed by atoms with van der Waals surface area (Å²) >= 11 is 1.58. The van der Waals surface area contributed by atoms with Gasteiger partial charge >= 0.3 is 0 Å². The summed E-state index contributed by atoms with van der Waals surface area (Å²) in [6, 6.07) is 7.32. The van der Waals surface area contributed by atoms with Crippen LogP contribution in [0.15, 0.2) is 42.0 Å². The Hall–Kier alpha value is -1.85. The summed E-state index contributed by atoms with van der Waals surface area (Å²) in [5.74, 6) is 0. The maximum Gasteiger partial charge on any atom is 0.193 e. The normalized spacial score (nSPS) is 12.9. The van der Waals surface area contributed by atoms with Crippen LogP contribution in [0.1, 0.15) is 17.4 Å². The van der Waals surface area contributed by atoms with Crippen LogP contribution >= 0.6 is 11.3 Å². The van der Waals surface area contributed by atoms with E-state index in [0.717, 1.165) is 16.2 Å². The molecule has 1 aromatic carbocycles.